The van der Waals surface area contributed by atoms with Crippen LogP contribution in [0.25, 0.3) is 0 Å². The normalized spacial score (nSPS) is 16.6. The molecule has 146 valence electrons. The zero-order valence-corrected chi connectivity index (χ0v) is 16.9. The molecule has 0 radical (unpaired) electrons. The molecule has 1 saturated heterocycles. The number of ether oxygens (including phenoxy) is 2. The summed E-state index contributed by atoms with van der Waals surface area (Å²) in [7, 11) is -3.55. The fourth-order valence-electron chi connectivity index (χ4n) is 3.50. The van der Waals surface area contributed by atoms with Gasteiger partial charge >= 0.3 is 5.97 Å². The topological polar surface area (TPSA) is 72.9 Å². The van der Waals surface area contributed by atoms with Gasteiger partial charge in [-0.1, -0.05) is 17.7 Å². The van der Waals surface area contributed by atoms with Crippen molar-refractivity contribution in [1.29, 1.82) is 0 Å². The molecule has 0 spiro atoms. The fraction of sp³-hybridized carbons (Fsp3) is 0.632. The van der Waals surface area contributed by atoms with E-state index in [0.29, 0.717) is 44.0 Å². The highest BCUT2D eigenvalue weighted by Crippen LogP contribution is 2.29. The van der Waals surface area contributed by atoms with Crippen molar-refractivity contribution in [1.82, 2.24) is 4.31 Å². The predicted octanol–water partition coefficient (Wildman–Crippen LogP) is 2.59. The van der Waals surface area contributed by atoms with Crippen LogP contribution in [-0.4, -0.2) is 51.6 Å². The van der Waals surface area contributed by atoms with Crippen molar-refractivity contribution < 1.29 is 22.7 Å². The smallest absolute Gasteiger partial charge is 0.309 e. The Morgan fingerprint density at radius 1 is 1.12 bits per heavy atom. The number of carbonyl (C=O) groups excluding carboxylic acids is 1. The van der Waals surface area contributed by atoms with Crippen LogP contribution in [0.5, 0.6) is 0 Å². The molecule has 1 heterocycles. The second kappa shape index (κ2) is 8.97. The van der Waals surface area contributed by atoms with Crippen molar-refractivity contribution in [3.05, 3.63) is 28.8 Å². The molecular formula is C19H29NO5S. The summed E-state index contributed by atoms with van der Waals surface area (Å²) < 4.78 is 38.0. The van der Waals surface area contributed by atoms with Crippen molar-refractivity contribution in [2.24, 2.45) is 5.92 Å². The second-order valence-electron chi connectivity index (χ2n) is 6.77. The number of sulfonamides is 1. The molecule has 0 N–H and O–H groups in total. The number of hydrogen-bond donors (Lipinski definition) is 0. The van der Waals surface area contributed by atoms with E-state index in [0.717, 1.165) is 16.7 Å². The first-order valence-electron chi connectivity index (χ1n) is 9.09. The molecule has 1 aliphatic rings. The zero-order chi connectivity index (χ0) is 19.3. The maximum atomic E-state index is 13.1. The first-order valence-corrected chi connectivity index (χ1v) is 10.5. The monoisotopic (exact) mass is 383 g/mol. The Morgan fingerprint density at radius 2 is 1.69 bits per heavy atom. The Morgan fingerprint density at radius 3 is 2.23 bits per heavy atom. The maximum absolute atomic E-state index is 13.1. The molecule has 0 atom stereocenters. The maximum Gasteiger partial charge on any atom is 0.309 e. The fourth-order valence-corrected chi connectivity index (χ4v) is 5.38. The minimum atomic E-state index is -3.55. The lowest BCUT2D eigenvalue weighted by Crippen LogP contribution is -2.41. The first kappa shape index (κ1) is 20.9. The van der Waals surface area contributed by atoms with Gasteiger partial charge in [-0.05, 0) is 51.7 Å². The lowest BCUT2D eigenvalue weighted by Gasteiger charge is -2.31. The highest BCUT2D eigenvalue weighted by molar-refractivity contribution is 7.89. The van der Waals surface area contributed by atoms with Gasteiger partial charge in [0.05, 0.1) is 17.4 Å². The third-order valence-electron chi connectivity index (χ3n) is 4.67. The number of hydrogen-bond acceptors (Lipinski definition) is 5. The van der Waals surface area contributed by atoms with Gasteiger partial charge in [-0.15, -0.1) is 0 Å². The number of esters is 1. The van der Waals surface area contributed by atoms with Gasteiger partial charge in [0.1, 0.15) is 6.61 Å². The minimum absolute atomic E-state index is 0.243. The summed E-state index contributed by atoms with van der Waals surface area (Å²) >= 11 is 0. The third-order valence-corrected chi connectivity index (χ3v) is 6.87. The van der Waals surface area contributed by atoms with E-state index in [2.05, 4.69) is 0 Å². The molecule has 0 amide bonds. The summed E-state index contributed by atoms with van der Waals surface area (Å²) in [5, 5.41) is 0. The van der Waals surface area contributed by atoms with Crippen LogP contribution in [-0.2, 0) is 24.3 Å². The van der Waals surface area contributed by atoms with Crippen LogP contribution in [0.15, 0.2) is 17.0 Å². The van der Waals surface area contributed by atoms with Crippen LogP contribution in [0.2, 0.25) is 0 Å². The lowest BCUT2D eigenvalue weighted by atomic mass is 9.98. The summed E-state index contributed by atoms with van der Waals surface area (Å²) in [6, 6.07) is 3.78. The van der Waals surface area contributed by atoms with Crippen molar-refractivity contribution in [2.45, 2.75) is 45.4 Å². The zero-order valence-electron chi connectivity index (χ0n) is 16.1. The van der Waals surface area contributed by atoms with E-state index >= 15 is 0 Å². The summed E-state index contributed by atoms with van der Waals surface area (Å²) in [6.45, 7) is 9.39. The van der Waals surface area contributed by atoms with Gasteiger partial charge in [0.2, 0.25) is 10.0 Å². The van der Waals surface area contributed by atoms with E-state index in [-0.39, 0.29) is 18.5 Å². The Balaban J connectivity index is 2.00. The lowest BCUT2D eigenvalue weighted by molar-refractivity contribution is -0.151. The molecule has 0 aliphatic carbocycles. The number of nitrogens with zero attached hydrogens (tertiary/aromatic N) is 1. The molecule has 7 heteroatoms. The number of piperidine rings is 1. The molecule has 0 bridgehead atoms. The molecule has 1 aromatic rings. The van der Waals surface area contributed by atoms with Crippen LogP contribution >= 0.6 is 0 Å². The number of carbonyl (C=O) groups is 1. The van der Waals surface area contributed by atoms with Gasteiger partial charge in [-0.25, -0.2) is 8.42 Å². The second-order valence-corrected chi connectivity index (χ2v) is 8.65. The van der Waals surface area contributed by atoms with Crippen molar-refractivity contribution in [3.8, 4) is 0 Å². The Labute approximate surface area is 156 Å². The predicted molar refractivity (Wildman–Crippen MR) is 99.6 cm³/mol. The summed E-state index contributed by atoms with van der Waals surface area (Å²) in [5.41, 5.74) is 2.58. The molecular weight excluding hydrogens is 354 g/mol. The third kappa shape index (κ3) is 4.84. The van der Waals surface area contributed by atoms with E-state index in [9.17, 15) is 13.2 Å². The van der Waals surface area contributed by atoms with Crippen LogP contribution in [0.3, 0.4) is 0 Å². The van der Waals surface area contributed by atoms with Gasteiger partial charge < -0.3 is 9.47 Å². The molecule has 1 aromatic carbocycles. The summed E-state index contributed by atoms with van der Waals surface area (Å²) in [4.78, 5) is 12.5. The van der Waals surface area contributed by atoms with E-state index in [1.54, 1.807) is 0 Å². The molecule has 0 aromatic heterocycles. The molecule has 0 unspecified atom stereocenters. The molecule has 6 nitrogen and oxygen atoms in total. The van der Waals surface area contributed by atoms with E-state index < -0.39 is 10.0 Å². The Kier molecular flexibility index (Phi) is 7.20. The minimum Gasteiger partial charge on any atom is -0.463 e. The summed E-state index contributed by atoms with van der Waals surface area (Å²) in [6.07, 6.45) is 0.966. The average molecular weight is 384 g/mol. The van der Waals surface area contributed by atoms with E-state index in [4.69, 9.17) is 9.47 Å². The van der Waals surface area contributed by atoms with Gasteiger partial charge in [0.25, 0.3) is 0 Å². The van der Waals surface area contributed by atoms with Crippen LogP contribution < -0.4 is 0 Å². The summed E-state index contributed by atoms with van der Waals surface area (Å²) in [5.74, 6) is -0.507. The van der Waals surface area contributed by atoms with Crippen LogP contribution in [0.4, 0.5) is 0 Å². The van der Waals surface area contributed by atoms with Crippen molar-refractivity contribution in [3.63, 3.8) is 0 Å². The molecule has 0 saturated carbocycles. The standard InChI is InChI=1S/C19H29NO5S/c1-5-24-10-11-25-19(21)17-6-8-20(9-7-17)26(22,23)18-15(3)12-14(2)13-16(18)4/h12-13,17H,5-11H2,1-4H3. The average Bonchev–Trinajstić information content (AvgIpc) is 2.57. The van der Waals surface area contributed by atoms with Crippen LogP contribution in [0, 0.1) is 26.7 Å². The van der Waals surface area contributed by atoms with Gasteiger partial charge in [-0.2, -0.15) is 4.31 Å². The van der Waals surface area contributed by atoms with Crippen LogP contribution in [0.1, 0.15) is 36.5 Å². The highest BCUT2D eigenvalue weighted by Gasteiger charge is 2.34. The first-order chi connectivity index (χ1) is 12.3. The molecule has 1 aliphatic heterocycles. The van der Waals surface area contributed by atoms with Crippen molar-refractivity contribution in [2.75, 3.05) is 32.9 Å². The molecule has 1 fully saturated rings. The number of aryl methyl sites for hydroxylation is 3. The van der Waals surface area contributed by atoms with Crippen molar-refractivity contribution >= 4 is 16.0 Å². The SMILES string of the molecule is CCOCCOC(=O)C1CCN(S(=O)(=O)c2c(C)cc(C)cc2C)CC1. The van der Waals surface area contributed by atoms with Gasteiger partial charge in [0, 0.05) is 19.7 Å². The van der Waals surface area contributed by atoms with E-state index in [1.165, 1.54) is 4.31 Å². The largest absolute Gasteiger partial charge is 0.463 e. The quantitative estimate of drug-likeness (QED) is 0.534. The van der Waals surface area contributed by atoms with E-state index in [1.807, 2.05) is 39.8 Å². The number of rotatable bonds is 7. The number of benzene rings is 1. The van der Waals surface area contributed by atoms with Gasteiger partial charge in [-0.3, -0.25) is 4.79 Å². The Hall–Kier alpha value is -1.44. The molecule has 2 rings (SSSR count). The highest BCUT2D eigenvalue weighted by atomic mass is 32.2. The Bertz CT molecular complexity index is 713. The van der Waals surface area contributed by atoms with Gasteiger partial charge in [0.15, 0.2) is 0 Å². The molecule has 26 heavy (non-hydrogen) atoms.